The lowest BCUT2D eigenvalue weighted by molar-refractivity contribution is -0.121. The van der Waals surface area contributed by atoms with Crippen molar-refractivity contribution in [3.63, 3.8) is 0 Å². The van der Waals surface area contributed by atoms with Crippen LogP contribution < -0.4 is 5.32 Å². The minimum atomic E-state index is -0.357. The number of halogens is 2. The number of nitrogens with one attached hydrogen (secondary N) is 1. The third-order valence-electron chi connectivity index (χ3n) is 5.77. The maximum atomic E-state index is 13.5. The molecular formula is C25H26F2N4OS. The molecule has 1 atom stereocenters. The lowest BCUT2D eigenvalue weighted by Crippen LogP contribution is -2.41. The summed E-state index contributed by atoms with van der Waals surface area (Å²) in [6.07, 6.45) is 6.18. The lowest BCUT2D eigenvalue weighted by atomic mass is 9.95. The molecule has 8 heteroatoms. The largest absolute Gasteiger partial charge is 0.352 e. The van der Waals surface area contributed by atoms with Gasteiger partial charge in [-0.05, 0) is 67.8 Å². The molecule has 1 aliphatic rings. The summed E-state index contributed by atoms with van der Waals surface area (Å²) in [5, 5.41) is 11.8. The van der Waals surface area contributed by atoms with Crippen LogP contribution in [0.5, 0.6) is 0 Å². The molecule has 0 spiro atoms. The molecule has 33 heavy (non-hydrogen) atoms. The van der Waals surface area contributed by atoms with E-state index in [1.807, 2.05) is 6.92 Å². The molecule has 0 radical (unpaired) electrons. The molecule has 1 aromatic heterocycles. The van der Waals surface area contributed by atoms with Crippen LogP contribution in [0, 0.1) is 11.6 Å². The van der Waals surface area contributed by atoms with Crippen LogP contribution >= 0.6 is 11.8 Å². The Morgan fingerprint density at radius 3 is 2.09 bits per heavy atom. The Bertz CT molecular complexity index is 1090. The fourth-order valence-corrected chi connectivity index (χ4v) is 4.79. The quantitative estimate of drug-likeness (QED) is 0.444. The first-order chi connectivity index (χ1) is 16.0. The second-order valence-corrected chi connectivity index (χ2v) is 9.33. The number of carbonyl (C=O) groups is 1. The number of carbonyl (C=O) groups excluding carboxylic acids is 1. The van der Waals surface area contributed by atoms with Gasteiger partial charge in [-0.2, -0.15) is 0 Å². The molecule has 1 unspecified atom stereocenters. The summed E-state index contributed by atoms with van der Waals surface area (Å²) in [5.41, 5.74) is 2.27. The van der Waals surface area contributed by atoms with Gasteiger partial charge in [0.1, 0.15) is 23.0 Å². The minimum Gasteiger partial charge on any atom is -0.352 e. The van der Waals surface area contributed by atoms with Crippen molar-refractivity contribution in [3.8, 4) is 22.5 Å². The van der Waals surface area contributed by atoms with E-state index in [1.54, 1.807) is 24.3 Å². The van der Waals surface area contributed by atoms with Gasteiger partial charge in [-0.3, -0.25) is 4.79 Å². The number of amides is 1. The number of nitrogens with zero attached hydrogens (tertiary/aromatic N) is 3. The summed E-state index contributed by atoms with van der Waals surface area (Å²) in [6, 6.07) is 12.1. The first-order valence-corrected chi connectivity index (χ1v) is 12.1. The average molecular weight is 469 g/mol. The van der Waals surface area contributed by atoms with Crippen molar-refractivity contribution in [2.24, 2.45) is 0 Å². The van der Waals surface area contributed by atoms with Crippen molar-refractivity contribution in [2.75, 3.05) is 0 Å². The summed E-state index contributed by atoms with van der Waals surface area (Å²) in [7, 11) is 0. The number of hydrogen-bond acceptors (Lipinski definition) is 5. The van der Waals surface area contributed by atoms with Crippen LogP contribution in [-0.2, 0) is 4.79 Å². The maximum absolute atomic E-state index is 13.5. The van der Waals surface area contributed by atoms with E-state index >= 15 is 0 Å². The van der Waals surface area contributed by atoms with Gasteiger partial charge in [-0.1, -0.05) is 37.9 Å². The first-order valence-electron chi connectivity index (χ1n) is 11.3. The van der Waals surface area contributed by atoms with E-state index in [1.165, 1.54) is 42.4 Å². The summed E-state index contributed by atoms with van der Waals surface area (Å²) < 4.78 is 26.9. The van der Waals surface area contributed by atoms with Gasteiger partial charge < -0.3 is 5.32 Å². The number of thioether (sulfide) groups is 1. The average Bonchev–Trinajstić information content (AvgIpc) is 2.84. The van der Waals surface area contributed by atoms with Crippen molar-refractivity contribution in [1.82, 2.24) is 20.5 Å². The molecule has 2 aromatic carbocycles. The molecule has 5 nitrogen and oxygen atoms in total. The van der Waals surface area contributed by atoms with Crippen LogP contribution in [0.25, 0.3) is 22.5 Å². The maximum Gasteiger partial charge on any atom is 0.233 e. The summed E-state index contributed by atoms with van der Waals surface area (Å²) in [5.74, 6) is -0.724. The fourth-order valence-electron chi connectivity index (χ4n) is 3.96. The van der Waals surface area contributed by atoms with Crippen molar-refractivity contribution in [3.05, 3.63) is 60.2 Å². The zero-order valence-electron chi connectivity index (χ0n) is 18.4. The van der Waals surface area contributed by atoms with E-state index in [0.717, 1.165) is 25.7 Å². The van der Waals surface area contributed by atoms with Gasteiger partial charge in [-0.15, -0.1) is 10.2 Å². The molecule has 1 aliphatic carbocycles. The molecule has 3 aromatic rings. The van der Waals surface area contributed by atoms with Gasteiger partial charge in [0.05, 0.1) is 5.25 Å². The van der Waals surface area contributed by atoms with Gasteiger partial charge in [0.15, 0.2) is 0 Å². The van der Waals surface area contributed by atoms with Crippen molar-refractivity contribution in [1.29, 1.82) is 0 Å². The summed E-state index contributed by atoms with van der Waals surface area (Å²) in [6.45, 7) is 1.96. The van der Waals surface area contributed by atoms with E-state index in [2.05, 4.69) is 20.5 Å². The van der Waals surface area contributed by atoms with Gasteiger partial charge in [0.25, 0.3) is 0 Å². The number of hydrogen-bond donors (Lipinski definition) is 1. The van der Waals surface area contributed by atoms with E-state index < -0.39 is 0 Å². The monoisotopic (exact) mass is 468 g/mol. The van der Waals surface area contributed by atoms with E-state index in [-0.39, 0.29) is 28.8 Å². The molecule has 0 bridgehead atoms. The van der Waals surface area contributed by atoms with Crippen LogP contribution in [0.4, 0.5) is 8.78 Å². The molecule has 1 fully saturated rings. The Morgan fingerprint density at radius 2 is 1.52 bits per heavy atom. The SMILES string of the molecule is CCC(Sc1nnc(-c2ccc(F)cc2)c(-c2ccc(F)cc2)n1)C(=O)NC1CCCCC1. The van der Waals surface area contributed by atoms with Crippen LogP contribution in [0.3, 0.4) is 0 Å². The predicted octanol–water partition coefficient (Wildman–Crippen LogP) is 5.80. The third-order valence-corrected chi connectivity index (χ3v) is 6.98. The van der Waals surface area contributed by atoms with Gasteiger partial charge in [-0.25, -0.2) is 13.8 Å². The van der Waals surface area contributed by atoms with Crippen molar-refractivity contribution in [2.45, 2.75) is 61.9 Å². The second kappa shape index (κ2) is 10.8. The standard InChI is InChI=1S/C25H26F2N4OS/c1-2-21(24(32)28-20-6-4-3-5-7-20)33-25-29-22(16-8-12-18(26)13-9-16)23(30-31-25)17-10-14-19(27)15-11-17/h8-15,20-21H,2-7H2,1H3,(H,28,32). The van der Waals surface area contributed by atoms with Gasteiger partial charge in [0.2, 0.25) is 11.1 Å². The highest BCUT2D eigenvalue weighted by molar-refractivity contribution is 8.00. The molecule has 4 rings (SSSR count). The van der Waals surface area contributed by atoms with Crippen LogP contribution in [0.15, 0.2) is 53.7 Å². The van der Waals surface area contributed by atoms with Crippen molar-refractivity contribution < 1.29 is 13.6 Å². The highest BCUT2D eigenvalue weighted by Crippen LogP contribution is 2.32. The minimum absolute atomic E-state index is 0.0102. The molecular weight excluding hydrogens is 442 g/mol. The molecule has 0 saturated heterocycles. The molecule has 1 heterocycles. The van der Waals surface area contributed by atoms with E-state index in [9.17, 15) is 13.6 Å². The Labute approximate surface area is 196 Å². The highest BCUT2D eigenvalue weighted by Gasteiger charge is 2.24. The zero-order valence-corrected chi connectivity index (χ0v) is 19.2. The summed E-state index contributed by atoms with van der Waals surface area (Å²) in [4.78, 5) is 17.6. The predicted molar refractivity (Wildman–Crippen MR) is 126 cm³/mol. The van der Waals surface area contributed by atoms with Crippen LogP contribution in [-0.4, -0.2) is 32.4 Å². The van der Waals surface area contributed by atoms with Gasteiger partial charge in [0, 0.05) is 17.2 Å². The topological polar surface area (TPSA) is 67.8 Å². The van der Waals surface area contributed by atoms with E-state index in [4.69, 9.17) is 0 Å². The molecule has 0 aliphatic heterocycles. The smallest absolute Gasteiger partial charge is 0.233 e. The Balaban J connectivity index is 1.61. The number of rotatable bonds is 7. The van der Waals surface area contributed by atoms with Crippen LogP contribution in [0.2, 0.25) is 0 Å². The molecule has 1 N–H and O–H groups in total. The fraction of sp³-hybridized carbons (Fsp3) is 0.360. The first kappa shape index (κ1) is 23.3. The Hall–Kier alpha value is -2.87. The second-order valence-electron chi connectivity index (χ2n) is 8.16. The van der Waals surface area contributed by atoms with Gasteiger partial charge >= 0.3 is 0 Å². The molecule has 172 valence electrons. The van der Waals surface area contributed by atoms with Crippen LogP contribution in [0.1, 0.15) is 45.4 Å². The highest BCUT2D eigenvalue weighted by atomic mass is 32.2. The Kier molecular flexibility index (Phi) is 7.65. The van der Waals surface area contributed by atoms with E-state index in [0.29, 0.717) is 34.1 Å². The number of aromatic nitrogens is 3. The molecule has 1 saturated carbocycles. The third kappa shape index (κ3) is 5.93. The zero-order chi connectivity index (χ0) is 23.2. The van der Waals surface area contributed by atoms with Crippen molar-refractivity contribution >= 4 is 17.7 Å². The normalized spacial score (nSPS) is 15.2. The number of benzene rings is 2. The molecule has 1 amide bonds. The summed E-state index contributed by atoms with van der Waals surface area (Å²) >= 11 is 1.27. The lowest BCUT2D eigenvalue weighted by Gasteiger charge is -2.24. The Morgan fingerprint density at radius 1 is 0.939 bits per heavy atom.